The monoisotopic (exact) mass is 307 g/mol. The number of halogens is 2. The van der Waals surface area contributed by atoms with E-state index in [2.05, 4.69) is 5.32 Å². The summed E-state index contributed by atoms with van der Waals surface area (Å²) >= 11 is 5.74. The zero-order chi connectivity index (χ0) is 15.6. The molecule has 1 amide bonds. The number of nitrogens with one attached hydrogen (secondary N) is 1. The Labute approximate surface area is 125 Å². The molecule has 2 aromatic rings. The Hall–Kier alpha value is -2.40. The number of carboxylic acid groups (broad SMARTS) is 1. The van der Waals surface area contributed by atoms with Gasteiger partial charge in [-0.15, -0.1) is 0 Å². The van der Waals surface area contributed by atoms with Crippen molar-refractivity contribution in [2.45, 2.75) is 6.92 Å². The van der Waals surface area contributed by atoms with Crippen molar-refractivity contribution in [2.75, 3.05) is 5.32 Å². The fourth-order valence-electron chi connectivity index (χ4n) is 1.86. The summed E-state index contributed by atoms with van der Waals surface area (Å²) in [6.45, 7) is 1.65. The number of benzene rings is 2. The highest BCUT2D eigenvalue weighted by molar-refractivity contribution is 6.31. The number of amides is 1. The molecule has 0 fully saturated rings. The van der Waals surface area contributed by atoms with Gasteiger partial charge >= 0.3 is 5.97 Å². The van der Waals surface area contributed by atoms with Crippen molar-refractivity contribution in [3.05, 3.63) is 63.9 Å². The second-order valence-electron chi connectivity index (χ2n) is 4.38. The first kappa shape index (κ1) is 15.0. The highest BCUT2D eigenvalue weighted by Crippen LogP contribution is 2.23. The highest BCUT2D eigenvalue weighted by Gasteiger charge is 2.17. The van der Waals surface area contributed by atoms with Crippen LogP contribution < -0.4 is 5.32 Å². The second-order valence-corrected chi connectivity index (χ2v) is 4.82. The quantitative estimate of drug-likeness (QED) is 0.907. The lowest BCUT2D eigenvalue weighted by Crippen LogP contribution is -2.17. The van der Waals surface area contributed by atoms with Gasteiger partial charge in [0.05, 0.1) is 16.8 Å². The van der Waals surface area contributed by atoms with Crippen LogP contribution in [-0.4, -0.2) is 17.0 Å². The van der Waals surface area contributed by atoms with Crippen LogP contribution in [0.1, 0.15) is 26.3 Å². The van der Waals surface area contributed by atoms with Gasteiger partial charge in [0, 0.05) is 5.02 Å². The largest absolute Gasteiger partial charge is 0.478 e. The first-order valence-electron chi connectivity index (χ1n) is 5.99. The SMILES string of the molecule is Cc1cccc(C(=O)O)c1NC(=O)c1cc(Cl)ccc1F. The van der Waals surface area contributed by atoms with E-state index in [1.54, 1.807) is 19.1 Å². The van der Waals surface area contributed by atoms with Crippen LogP contribution in [-0.2, 0) is 0 Å². The summed E-state index contributed by atoms with van der Waals surface area (Å²) in [5.74, 6) is -2.67. The number of aryl methyl sites for hydroxylation is 1. The molecule has 2 N–H and O–H groups in total. The van der Waals surface area contributed by atoms with Crippen molar-refractivity contribution in [1.82, 2.24) is 0 Å². The summed E-state index contributed by atoms with van der Waals surface area (Å²) in [5.41, 5.74) is 0.382. The first-order valence-corrected chi connectivity index (χ1v) is 6.37. The van der Waals surface area contributed by atoms with E-state index in [9.17, 15) is 14.0 Å². The molecule has 0 atom stereocenters. The van der Waals surface area contributed by atoms with Crippen LogP contribution in [0, 0.1) is 12.7 Å². The smallest absolute Gasteiger partial charge is 0.337 e. The number of aromatic carboxylic acids is 1. The van der Waals surface area contributed by atoms with Crippen LogP contribution in [0.15, 0.2) is 36.4 Å². The summed E-state index contributed by atoms with van der Waals surface area (Å²) < 4.78 is 13.6. The Balaban J connectivity index is 2.41. The lowest BCUT2D eigenvalue weighted by Gasteiger charge is -2.12. The molecule has 2 aromatic carbocycles. The third kappa shape index (κ3) is 3.20. The van der Waals surface area contributed by atoms with Gasteiger partial charge in [0.25, 0.3) is 5.91 Å². The molecule has 0 heterocycles. The number of carbonyl (C=O) groups excluding carboxylic acids is 1. The predicted octanol–water partition coefficient (Wildman–Crippen LogP) is 3.74. The average Bonchev–Trinajstić information content (AvgIpc) is 2.43. The minimum atomic E-state index is -1.18. The molecule has 0 aliphatic rings. The third-order valence-corrected chi connectivity index (χ3v) is 3.15. The minimum absolute atomic E-state index is 0.0641. The summed E-state index contributed by atoms with van der Waals surface area (Å²) in [6, 6.07) is 8.16. The van der Waals surface area contributed by atoms with Gasteiger partial charge < -0.3 is 10.4 Å². The van der Waals surface area contributed by atoms with Gasteiger partial charge in [0.15, 0.2) is 0 Å². The summed E-state index contributed by atoms with van der Waals surface area (Å²) in [5, 5.41) is 11.8. The lowest BCUT2D eigenvalue weighted by atomic mass is 10.1. The Morgan fingerprint density at radius 3 is 2.57 bits per heavy atom. The lowest BCUT2D eigenvalue weighted by molar-refractivity contribution is 0.0698. The molecule has 0 saturated heterocycles. The van der Waals surface area contributed by atoms with E-state index in [0.29, 0.717) is 5.56 Å². The molecule has 4 nitrogen and oxygen atoms in total. The summed E-state index contributed by atoms with van der Waals surface area (Å²) in [4.78, 5) is 23.3. The number of carboxylic acids is 1. The second kappa shape index (κ2) is 5.93. The summed E-state index contributed by atoms with van der Waals surface area (Å²) in [7, 11) is 0. The van der Waals surface area contributed by atoms with Crippen molar-refractivity contribution < 1.29 is 19.1 Å². The molecule has 0 aliphatic heterocycles. The van der Waals surface area contributed by atoms with Crippen molar-refractivity contribution in [3.8, 4) is 0 Å². The zero-order valence-electron chi connectivity index (χ0n) is 11.0. The van der Waals surface area contributed by atoms with Gasteiger partial charge in [0.2, 0.25) is 0 Å². The van der Waals surface area contributed by atoms with Gasteiger partial charge in [-0.1, -0.05) is 23.7 Å². The van der Waals surface area contributed by atoms with Crippen molar-refractivity contribution in [1.29, 1.82) is 0 Å². The maximum atomic E-state index is 13.6. The van der Waals surface area contributed by atoms with E-state index in [-0.39, 0.29) is 21.8 Å². The Morgan fingerprint density at radius 1 is 1.19 bits per heavy atom. The molecule has 21 heavy (non-hydrogen) atoms. The number of hydrogen-bond acceptors (Lipinski definition) is 2. The van der Waals surface area contributed by atoms with Crippen LogP contribution in [0.3, 0.4) is 0 Å². The number of anilines is 1. The van der Waals surface area contributed by atoms with Gasteiger partial charge in [-0.25, -0.2) is 9.18 Å². The molecule has 0 radical (unpaired) electrons. The van der Waals surface area contributed by atoms with Crippen LogP contribution in [0.2, 0.25) is 5.02 Å². The Kier molecular flexibility index (Phi) is 4.23. The Bertz CT molecular complexity index is 731. The number of carbonyl (C=O) groups is 2. The minimum Gasteiger partial charge on any atom is -0.478 e. The number of hydrogen-bond donors (Lipinski definition) is 2. The maximum absolute atomic E-state index is 13.6. The fraction of sp³-hybridized carbons (Fsp3) is 0.0667. The van der Waals surface area contributed by atoms with E-state index in [1.807, 2.05) is 0 Å². The number of rotatable bonds is 3. The van der Waals surface area contributed by atoms with Crippen molar-refractivity contribution in [3.63, 3.8) is 0 Å². The van der Waals surface area contributed by atoms with Gasteiger partial charge in [-0.2, -0.15) is 0 Å². The van der Waals surface area contributed by atoms with Gasteiger partial charge in [-0.05, 0) is 36.8 Å². The molecular formula is C15H11ClFNO3. The molecule has 108 valence electrons. The first-order chi connectivity index (χ1) is 9.90. The molecular weight excluding hydrogens is 297 g/mol. The molecule has 0 unspecified atom stereocenters. The molecule has 2 rings (SSSR count). The Morgan fingerprint density at radius 2 is 1.90 bits per heavy atom. The zero-order valence-corrected chi connectivity index (χ0v) is 11.7. The van der Waals surface area contributed by atoms with Crippen LogP contribution in [0.4, 0.5) is 10.1 Å². The topological polar surface area (TPSA) is 66.4 Å². The molecule has 0 aliphatic carbocycles. The van der Waals surface area contributed by atoms with E-state index >= 15 is 0 Å². The molecule has 0 spiro atoms. The molecule has 0 bridgehead atoms. The van der Waals surface area contributed by atoms with E-state index < -0.39 is 17.7 Å². The van der Waals surface area contributed by atoms with Crippen molar-refractivity contribution in [2.24, 2.45) is 0 Å². The van der Waals surface area contributed by atoms with Gasteiger partial charge in [0.1, 0.15) is 5.82 Å². The normalized spacial score (nSPS) is 10.2. The highest BCUT2D eigenvalue weighted by atomic mass is 35.5. The van der Waals surface area contributed by atoms with E-state index in [1.165, 1.54) is 18.2 Å². The standard InChI is InChI=1S/C15H11ClFNO3/c1-8-3-2-4-10(15(20)21)13(8)18-14(19)11-7-9(16)5-6-12(11)17/h2-7H,1H3,(H,18,19)(H,20,21). The molecule has 6 heteroatoms. The summed E-state index contributed by atoms with van der Waals surface area (Å²) in [6.07, 6.45) is 0. The van der Waals surface area contributed by atoms with Crippen LogP contribution >= 0.6 is 11.6 Å². The van der Waals surface area contributed by atoms with Crippen LogP contribution in [0.5, 0.6) is 0 Å². The van der Waals surface area contributed by atoms with Gasteiger partial charge in [-0.3, -0.25) is 4.79 Å². The fourth-order valence-corrected chi connectivity index (χ4v) is 2.04. The third-order valence-electron chi connectivity index (χ3n) is 2.91. The maximum Gasteiger partial charge on any atom is 0.337 e. The average molecular weight is 308 g/mol. The predicted molar refractivity (Wildman–Crippen MR) is 77.5 cm³/mol. The van der Waals surface area contributed by atoms with Crippen LogP contribution in [0.25, 0.3) is 0 Å². The molecule has 0 saturated carbocycles. The van der Waals surface area contributed by atoms with E-state index in [0.717, 1.165) is 6.07 Å². The van der Waals surface area contributed by atoms with E-state index in [4.69, 9.17) is 16.7 Å². The molecule has 0 aromatic heterocycles. The number of para-hydroxylation sites is 1. The van der Waals surface area contributed by atoms with Crippen molar-refractivity contribution >= 4 is 29.2 Å².